The number of hydrogen-bond donors (Lipinski definition) is 3. The average molecular weight is 391 g/mol. The van der Waals surface area contributed by atoms with Gasteiger partial charge in [0, 0.05) is 10.3 Å². The van der Waals surface area contributed by atoms with Crippen molar-refractivity contribution in [3.8, 4) is 5.75 Å². The summed E-state index contributed by atoms with van der Waals surface area (Å²) in [6, 6.07) is 2.38. The van der Waals surface area contributed by atoms with Crippen molar-refractivity contribution in [2.75, 3.05) is 5.32 Å². The van der Waals surface area contributed by atoms with Gasteiger partial charge in [0.25, 0.3) is 0 Å². The monoisotopic (exact) mass is 390 g/mol. The molecule has 0 fully saturated rings. The fourth-order valence-electron chi connectivity index (χ4n) is 2.45. The zero-order valence-corrected chi connectivity index (χ0v) is 16.0. The van der Waals surface area contributed by atoms with Crippen LogP contribution in [0.15, 0.2) is 27.6 Å². The summed E-state index contributed by atoms with van der Waals surface area (Å²) in [5, 5.41) is 16.5. The number of amides is 2. The van der Waals surface area contributed by atoms with Crippen molar-refractivity contribution in [1.82, 2.24) is 5.32 Å². The highest BCUT2D eigenvalue weighted by molar-refractivity contribution is 7.85. The number of aromatic hydroxyl groups is 1. The highest BCUT2D eigenvalue weighted by atomic mass is 35.5. The Hall–Kier alpha value is -1.24. The van der Waals surface area contributed by atoms with Gasteiger partial charge in [0.15, 0.2) is 5.75 Å². The summed E-state index contributed by atoms with van der Waals surface area (Å²) in [6.07, 6.45) is 1.48. The number of anilines is 1. The summed E-state index contributed by atoms with van der Waals surface area (Å²) < 4.78 is 12.3. The Bertz CT molecular complexity index is 720. The van der Waals surface area contributed by atoms with E-state index in [1.807, 2.05) is 6.92 Å². The predicted molar refractivity (Wildman–Crippen MR) is 98.4 cm³/mol. The molecule has 1 aliphatic carbocycles. The Morgan fingerprint density at radius 3 is 2.58 bits per heavy atom. The number of nitrogens with one attached hydrogen (secondary N) is 2. The number of phenolic OH excluding ortho intramolecular Hbond substituents is 1. The molecular formula is C16H20Cl2N2O3S. The molecule has 1 aliphatic rings. The van der Waals surface area contributed by atoms with E-state index >= 15 is 0 Å². The average Bonchev–Trinajstić information content (AvgIpc) is 2.82. The lowest BCUT2D eigenvalue weighted by Gasteiger charge is -2.17. The lowest BCUT2D eigenvalue weighted by Crippen LogP contribution is -2.37. The molecule has 0 saturated carbocycles. The smallest absolute Gasteiger partial charge is 0.319 e. The van der Waals surface area contributed by atoms with Crippen molar-refractivity contribution in [2.45, 2.75) is 49.8 Å². The van der Waals surface area contributed by atoms with Gasteiger partial charge < -0.3 is 15.7 Å². The second kappa shape index (κ2) is 7.76. The van der Waals surface area contributed by atoms with Crippen LogP contribution in [-0.4, -0.2) is 26.6 Å². The van der Waals surface area contributed by atoms with Gasteiger partial charge in [0.05, 0.1) is 27.6 Å². The Labute approximate surface area is 153 Å². The molecule has 0 bridgehead atoms. The molecule has 2 unspecified atom stereocenters. The molecule has 0 saturated heterocycles. The molecular weight excluding hydrogens is 371 g/mol. The van der Waals surface area contributed by atoms with Crippen molar-refractivity contribution in [3.63, 3.8) is 0 Å². The van der Waals surface area contributed by atoms with Crippen molar-refractivity contribution >= 4 is 45.7 Å². The Kier molecular flexibility index (Phi) is 6.17. The molecule has 5 nitrogen and oxygen atoms in total. The van der Waals surface area contributed by atoms with Gasteiger partial charge in [-0.25, -0.2) is 4.79 Å². The van der Waals surface area contributed by atoms with Gasteiger partial charge in [-0.15, -0.1) is 0 Å². The Balaban J connectivity index is 2.17. The summed E-state index contributed by atoms with van der Waals surface area (Å²) >= 11 is 12.1. The molecule has 1 aromatic carbocycles. The summed E-state index contributed by atoms with van der Waals surface area (Å²) in [7, 11) is -1.48. The van der Waals surface area contributed by atoms with Crippen LogP contribution in [0, 0.1) is 0 Å². The van der Waals surface area contributed by atoms with E-state index in [0.717, 1.165) is 23.4 Å². The van der Waals surface area contributed by atoms with Crippen LogP contribution in [0.25, 0.3) is 0 Å². The molecule has 3 N–H and O–H groups in total. The van der Waals surface area contributed by atoms with Gasteiger partial charge in [0.1, 0.15) is 4.90 Å². The van der Waals surface area contributed by atoms with E-state index in [1.165, 1.54) is 12.1 Å². The Morgan fingerprint density at radius 1 is 1.38 bits per heavy atom. The number of halogens is 2. The minimum atomic E-state index is -1.48. The minimum absolute atomic E-state index is 0.129. The molecule has 24 heavy (non-hydrogen) atoms. The molecule has 2 rings (SSSR count). The summed E-state index contributed by atoms with van der Waals surface area (Å²) in [4.78, 5) is 12.3. The Morgan fingerprint density at radius 2 is 2.04 bits per heavy atom. The SMILES string of the molecule is CC1=C(Cl)CCC1NC(=O)Nc1ccc(Cl)c(S(=O)C(C)C)c1O. The van der Waals surface area contributed by atoms with Crippen molar-refractivity contribution in [3.05, 3.63) is 27.8 Å². The highest BCUT2D eigenvalue weighted by Crippen LogP contribution is 2.37. The first-order valence-electron chi connectivity index (χ1n) is 7.57. The maximum Gasteiger partial charge on any atom is 0.319 e. The normalized spacial score (nSPS) is 18.8. The van der Waals surface area contributed by atoms with E-state index < -0.39 is 16.8 Å². The lowest BCUT2D eigenvalue weighted by molar-refractivity contribution is 0.249. The topological polar surface area (TPSA) is 78.4 Å². The van der Waals surface area contributed by atoms with Gasteiger partial charge >= 0.3 is 6.03 Å². The summed E-state index contributed by atoms with van der Waals surface area (Å²) in [5.74, 6) is -0.276. The molecule has 132 valence electrons. The molecule has 0 aliphatic heterocycles. The quantitative estimate of drug-likeness (QED) is 0.668. The second-order valence-electron chi connectivity index (χ2n) is 5.90. The molecule has 0 heterocycles. The third-order valence-electron chi connectivity index (χ3n) is 3.87. The summed E-state index contributed by atoms with van der Waals surface area (Å²) in [5.41, 5.74) is 1.10. The van der Waals surface area contributed by atoms with Gasteiger partial charge in [-0.2, -0.15) is 0 Å². The van der Waals surface area contributed by atoms with Gasteiger partial charge in [-0.1, -0.05) is 37.0 Å². The number of urea groups is 1. The second-order valence-corrected chi connectivity index (χ2v) is 8.71. The number of carbonyl (C=O) groups excluding carboxylic acids is 1. The van der Waals surface area contributed by atoms with Crippen LogP contribution in [0.4, 0.5) is 10.5 Å². The molecule has 2 amide bonds. The van der Waals surface area contributed by atoms with Crippen molar-refractivity contribution in [1.29, 1.82) is 0 Å². The van der Waals surface area contributed by atoms with E-state index in [1.54, 1.807) is 13.8 Å². The molecule has 2 atom stereocenters. The number of rotatable bonds is 4. The number of phenols is 1. The van der Waals surface area contributed by atoms with Crippen LogP contribution in [0.5, 0.6) is 5.75 Å². The van der Waals surface area contributed by atoms with E-state index in [9.17, 15) is 14.1 Å². The molecule has 8 heteroatoms. The van der Waals surface area contributed by atoms with E-state index in [0.29, 0.717) is 0 Å². The zero-order valence-electron chi connectivity index (χ0n) is 13.7. The van der Waals surface area contributed by atoms with Crippen LogP contribution >= 0.6 is 23.2 Å². The van der Waals surface area contributed by atoms with Crippen LogP contribution in [0.1, 0.15) is 33.6 Å². The van der Waals surface area contributed by atoms with Crippen molar-refractivity contribution in [2.24, 2.45) is 0 Å². The standard InChI is InChI=1S/C16H20Cl2N2O3S/c1-8(2)24(23)15-11(18)5-7-13(14(15)21)20-16(22)19-12-6-4-10(17)9(12)3/h5,7-8,12,21H,4,6H2,1-3H3,(H2,19,20,22). The predicted octanol–water partition coefficient (Wildman–Crippen LogP) is 4.36. The van der Waals surface area contributed by atoms with Crippen LogP contribution in [-0.2, 0) is 10.8 Å². The number of allylic oxidation sites excluding steroid dienone is 1. The third kappa shape index (κ3) is 4.05. The van der Waals surface area contributed by atoms with E-state index in [-0.39, 0.29) is 32.6 Å². The van der Waals surface area contributed by atoms with Gasteiger partial charge in [0.2, 0.25) is 0 Å². The highest BCUT2D eigenvalue weighted by Gasteiger charge is 2.24. The van der Waals surface area contributed by atoms with Crippen LogP contribution < -0.4 is 10.6 Å². The van der Waals surface area contributed by atoms with Crippen LogP contribution in [0.2, 0.25) is 5.02 Å². The zero-order chi connectivity index (χ0) is 18.0. The van der Waals surface area contributed by atoms with Gasteiger partial charge in [-0.3, -0.25) is 4.21 Å². The maximum atomic E-state index is 12.3. The summed E-state index contributed by atoms with van der Waals surface area (Å²) in [6.45, 7) is 5.40. The van der Waals surface area contributed by atoms with Crippen LogP contribution in [0.3, 0.4) is 0 Å². The van der Waals surface area contributed by atoms with E-state index in [4.69, 9.17) is 23.2 Å². The van der Waals surface area contributed by atoms with Crippen molar-refractivity contribution < 1.29 is 14.1 Å². The number of benzene rings is 1. The molecule has 1 aromatic rings. The fourth-order valence-corrected chi connectivity index (χ4v) is 4.10. The first-order chi connectivity index (χ1) is 11.2. The van der Waals surface area contributed by atoms with Gasteiger partial charge in [-0.05, 0) is 37.5 Å². The fraction of sp³-hybridized carbons (Fsp3) is 0.438. The lowest BCUT2D eigenvalue weighted by atomic mass is 10.2. The minimum Gasteiger partial charge on any atom is -0.505 e. The number of carbonyl (C=O) groups is 1. The molecule has 0 spiro atoms. The molecule has 0 aromatic heterocycles. The molecule has 0 radical (unpaired) electrons. The maximum absolute atomic E-state index is 12.3. The third-order valence-corrected chi connectivity index (χ3v) is 6.46. The first kappa shape index (κ1) is 19.1. The first-order valence-corrected chi connectivity index (χ1v) is 9.54. The number of hydrogen-bond acceptors (Lipinski definition) is 3. The van der Waals surface area contributed by atoms with E-state index in [2.05, 4.69) is 10.6 Å². The largest absolute Gasteiger partial charge is 0.505 e.